The van der Waals surface area contributed by atoms with Gasteiger partial charge in [0.2, 0.25) is 0 Å². The fraction of sp³-hybridized carbons (Fsp3) is 0.619. The van der Waals surface area contributed by atoms with E-state index in [9.17, 15) is 4.79 Å². The van der Waals surface area contributed by atoms with Gasteiger partial charge in [0, 0.05) is 39.4 Å². The molecule has 0 fully saturated rings. The molecule has 1 aromatic rings. The van der Waals surface area contributed by atoms with Crippen molar-refractivity contribution in [2.24, 2.45) is 4.99 Å². The van der Waals surface area contributed by atoms with Crippen LogP contribution in [0.15, 0.2) is 29.3 Å². The second kappa shape index (κ2) is 13.0. The number of anilines is 1. The Bertz CT molecular complexity index is 621. The number of nitrogens with zero attached hydrogens (tertiary/aromatic N) is 2. The van der Waals surface area contributed by atoms with E-state index in [1.165, 1.54) is 0 Å². The summed E-state index contributed by atoms with van der Waals surface area (Å²) >= 11 is 0. The maximum atomic E-state index is 12.2. The number of carbonyl (C=O) groups excluding carboxylic acids is 1. The van der Waals surface area contributed by atoms with Crippen LogP contribution in [0.4, 0.5) is 5.69 Å². The molecular weight excluding hydrogens is 356 g/mol. The Balaban J connectivity index is 1.72. The molecule has 1 heterocycles. The van der Waals surface area contributed by atoms with E-state index in [0.717, 1.165) is 69.4 Å². The molecule has 1 aliphatic heterocycles. The smallest absolute Gasteiger partial charge is 0.265 e. The number of rotatable bonds is 12. The summed E-state index contributed by atoms with van der Waals surface area (Å²) in [6.45, 7) is 8.85. The average molecular weight is 391 g/mol. The summed E-state index contributed by atoms with van der Waals surface area (Å²) in [5.41, 5.74) is 0.843. The highest BCUT2D eigenvalue weighted by Gasteiger charge is 2.24. The first kappa shape index (κ1) is 22.0. The molecule has 1 amide bonds. The van der Waals surface area contributed by atoms with Crippen LogP contribution in [0.3, 0.4) is 0 Å². The first-order valence-electron chi connectivity index (χ1n) is 10.4. The number of amides is 1. The van der Waals surface area contributed by atoms with Crippen LogP contribution >= 0.6 is 0 Å². The first-order valence-corrected chi connectivity index (χ1v) is 10.4. The summed E-state index contributed by atoms with van der Waals surface area (Å²) in [6.07, 6.45) is 4.02. The number of carbonyl (C=O) groups is 1. The SMILES string of the molecule is CCCCOCCCNC(=NCCCN1C(=O)COc2ccccc21)NCC. The molecule has 28 heavy (non-hydrogen) atoms. The number of ether oxygens (including phenoxy) is 2. The summed E-state index contributed by atoms with van der Waals surface area (Å²) < 4.78 is 11.1. The zero-order chi connectivity index (χ0) is 20.0. The van der Waals surface area contributed by atoms with E-state index in [2.05, 4.69) is 22.5 Å². The largest absolute Gasteiger partial charge is 0.482 e. The normalized spacial score (nSPS) is 13.9. The summed E-state index contributed by atoms with van der Waals surface area (Å²) in [5, 5.41) is 6.59. The zero-order valence-corrected chi connectivity index (χ0v) is 17.2. The van der Waals surface area contributed by atoms with E-state index < -0.39 is 0 Å². The van der Waals surface area contributed by atoms with Crippen LogP contribution in [0.25, 0.3) is 0 Å². The van der Waals surface area contributed by atoms with E-state index in [4.69, 9.17) is 9.47 Å². The van der Waals surface area contributed by atoms with Crippen molar-refractivity contribution in [3.05, 3.63) is 24.3 Å². The van der Waals surface area contributed by atoms with Gasteiger partial charge in [-0.2, -0.15) is 0 Å². The van der Waals surface area contributed by atoms with Gasteiger partial charge in [-0.1, -0.05) is 25.5 Å². The summed E-state index contributed by atoms with van der Waals surface area (Å²) in [6, 6.07) is 7.65. The molecule has 0 unspecified atom stereocenters. The minimum atomic E-state index is -0.00390. The molecule has 0 aliphatic carbocycles. The van der Waals surface area contributed by atoms with Crippen molar-refractivity contribution in [1.29, 1.82) is 0 Å². The van der Waals surface area contributed by atoms with Gasteiger partial charge < -0.3 is 25.0 Å². The number of unbranched alkanes of at least 4 members (excludes halogenated alkanes) is 1. The third-order valence-electron chi connectivity index (χ3n) is 4.36. The zero-order valence-electron chi connectivity index (χ0n) is 17.2. The first-order chi connectivity index (χ1) is 13.8. The molecule has 0 spiro atoms. The molecule has 7 nitrogen and oxygen atoms in total. The van der Waals surface area contributed by atoms with Crippen LogP contribution in [0.2, 0.25) is 0 Å². The predicted molar refractivity (Wildman–Crippen MR) is 113 cm³/mol. The molecule has 0 aromatic heterocycles. The molecule has 156 valence electrons. The quantitative estimate of drug-likeness (QED) is 0.326. The molecule has 1 aliphatic rings. The number of guanidine groups is 1. The summed E-state index contributed by atoms with van der Waals surface area (Å²) in [7, 11) is 0. The van der Waals surface area contributed by atoms with Gasteiger partial charge in [-0.3, -0.25) is 9.79 Å². The van der Waals surface area contributed by atoms with Crippen LogP contribution in [0.5, 0.6) is 5.75 Å². The number of hydrogen-bond donors (Lipinski definition) is 2. The van der Waals surface area contributed by atoms with Crippen LogP contribution < -0.4 is 20.3 Å². The van der Waals surface area contributed by atoms with Crippen LogP contribution in [0.1, 0.15) is 39.5 Å². The van der Waals surface area contributed by atoms with Crippen LogP contribution in [-0.2, 0) is 9.53 Å². The topological polar surface area (TPSA) is 75.2 Å². The molecule has 0 radical (unpaired) electrons. The van der Waals surface area contributed by atoms with Crippen molar-refractivity contribution >= 4 is 17.6 Å². The van der Waals surface area contributed by atoms with Crippen molar-refractivity contribution in [3.8, 4) is 5.75 Å². The lowest BCUT2D eigenvalue weighted by molar-refractivity contribution is -0.121. The molecule has 2 rings (SSSR count). The van der Waals surface area contributed by atoms with Gasteiger partial charge in [0.05, 0.1) is 5.69 Å². The van der Waals surface area contributed by atoms with Crippen molar-refractivity contribution in [2.75, 3.05) is 50.9 Å². The van der Waals surface area contributed by atoms with Gasteiger partial charge in [-0.05, 0) is 38.3 Å². The van der Waals surface area contributed by atoms with Gasteiger partial charge in [0.15, 0.2) is 12.6 Å². The van der Waals surface area contributed by atoms with Crippen LogP contribution in [-0.4, -0.2) is 57.9 Å². The van der Waals surface area contributed by atoms with Gasteiger partial charge in [-0.25, -0.2) is 0 Å². The molecule has 7 heteroatoms. The monoisotopic (exact) mass is 390 g/mol. The Labute approximate surface area is 168 Å². The number of aliphatic imine (C=N–C) groups is 1. The van der Waals surface area contributed by atoms with Gasteiger partial charge in [-0.15, -0.1) is 0 Å². The van der Waals surface area contributed by atoms with Gasteiger partial charge in [0.1, 0.15) is 5.75 Å². The predicted octanol–water partition coefficient (Wildman–Crippen LogP) is 2.56. The molecule has 0 saturated carbocycles. The van der Waals surface area contributed by atoms with E-state index in [-0.39, 0.29) is 12.5 Å². The fourth-order valence-electron chi connectivity index (χ4n) is 2.89. The molecule has 0 atom stereocenters. The number of fused-ring (bicyclic) bond motifs is 1. The highest BCUT2D eigenvalue weighted by atomic mass is 16.5. The van der Waals surface area contributed by atoms with Crippen molar-refractivity contribution in [2.45, 2.75) is 39.5 Å². The van der Waals surface area contributed by atoms with Crippen molar-refractivity contribution < 1.29 is 14.3 Å². The number of nitrogens with one attached hydrogen (secondary N) is 2. The van der Waals surface area contributed by atoms with Crippen molar-refractivity contribution in [3.63, 3.8) is 0 Å². The van der Waals surface area contributed by atoms with Gasteiger partial charge >= 0.3 is 0 Å². The molecule has 2 N–H and O–H groups in total. The standard InChI is InChI=1S/C21H34N4O3/c1-3-5-15-27-16-9-13-24-21(22-4-2)23-12-8-14-25-18-10-6-7-11-19(18)28-17-20(25)26/h6-7,10-11H,3-5,8-9,12-17H2,1-2H3,(H2,22,23,24). The second-order valence-corrected chi connectivity index (χ2v) is 6.66. The Morgan fingerprint density at radius 2 is 2.00 bits per heavy atom. The summed E-state index contributed by atoms with van der Waals surface area (Å²) in [5.74, 6) is 1.57. The summed E-state index contributed by atoms with van der Waals surface area (Å²) in [4.78, 5) is 18.6. The lowest BCUT2D eigenvalue weighted by atomic mass is 10.2. The number of hydrogen-bond acceptors (Lipinski definition) is 4. The molecule has 0 bridgehead atoms. The van der Waals surface area contributed by atoms with E-state index >= 15 is 0 Å². The van der Waals surface area contributed by atoms with Crippen molar-refractivity contribution in [1.82, 2.24) is 10.6 Å². The van der Waals surface area contributed by atoms with Gasteiger partial charge in [0.25, 0.3) is 5.91 Å². The van der Waals surface area contributed by atoms with E-state index in [1.807, 2.05) is 31.2 Å². The Kier molecular flexibility index (Phi) is 10.2. The maximum absolute atomic E-state index is 12.2. The second-order valence-electron chi connectivity index (χ2n) is 6.66. The number of benzene rings is 1. The lowest BCUT2D eigenvalue weighted by Crippen LogP contribution is -2.40. The maximum Gasteiger partial charge on any atom is 0.265 e. The lowest BCUT2D eigenvalue weighted by Gasteiger charge is -2.29. The highest BCUT2D eigenvalue weighted by molar-refractivity contribution is 5.97. The molecule has 0 saturated heterocycles. The average Bonchev–Trinajstić information content (AvgIpc) is 2.71. The third kappa shape index (κ3) is 7.38. The fourth-order valence-corrected chi connectivity index (χ4v) is 2.89. The minimum Gasteiger partial charge on any atom is -0.482 e. The Hall–Kier alpha value is -2.28. The van der Waals surface area contributed by atoms with Crippen LogP contribution in [0, 0.1) is 0 Å². The molecule has 1 aromatic carbocycles. The third-order valence-corrected chi connectivity index (χ3v) is 4.36. The molecular formula is C21H34N4O3. The minimum absolute atomic E-state index is 0.00390. The highest BCUT2D eigenvalue weighted by Crippen LogP contribution is 2.31. The Morgan fingerprint density at radius 3 is 2.82 bits per heavy atom. The van der Waals surface area contributed by atoms with E-state index in [0.29, 0.717) is 13.1 Å². The number of para-hydroxylation sites is 2. The van der Waals surface area contributed by atoms with E-state index in [1.54, 1.807) is 4.90 Å². The Morgan fingerprint density at radius 1 is 1.18 bits per heavy atom.